The minimum atomic E-state index is -1.03. The molecule has 8 rings (SSSR count). The summed E-state index contributed by atoms with van der Waals surface area (Å²) in [6.45, 7) is 18.4. The van der Waals surface area contributed by atoms with Gasteiger partial charge >= 0.3 is 11.9 Å². The van der Waals surface area contributed by atoms with Gasteiger partial charge in [0.15, 0.2) is 0 Å². The van der Waals surface area contributed by atoms with Crippen molar-refractivity contribution in [3.05, 3.63) is 93.8 Å². The maximum atomic E-state index is 14.6. The molecule has 13 heteroatoms. The quantitative estimate of drug-likeness (QED) is 0.171. The van der Waals surface area contributed by atoms with Gasteiger partial charge in [0, 0.05) is 22.0 Å². The second-order valence-corrected chi connectivity index (χ2v) is 17.9. The van der Waals surface area contributed by atoms with Crippen molar-refractivity contribution in [2.24, 2.45) is 16.7 Å². The number of hydrogen-bond donors (Lipinski definition) is 3. The molecule has 4 aromatic rings. The summed E-state index contributed by atoms with van der Waals surface area (Å²) in [5.41, 5.74) is 2.07. The largest absolute Gasteiger partial charge is 0.477 e. The number of aromatic carboxylic acids is 1. The predicted molar refractivity (Wildman–Crippen MR) is 217 cm³/mol. The smallest absolute Gasteiger partial charge is 0.344 e. The van der Waals surface area contributed by atoms with E-state index < -0.39 is 11.5 Å². The molecule has 3 unspecified atom stereocenters. The zero-order chi connectivity index (χ0) is 39.1. The number of halogens is 3. The highest BCUT2D eigenvalue weighted by Crippen LogP contribution is 2.63. The van der Waals surface area contributed by atoms with Crippen LogP contribution in [0.25, 0.3) is 0 Å². The first-order chi connectivity index (χ1) is 25.2. The number of carbonyl (C=O) groups is 2. The number of hydrogen-bond acceptors (Lipinski definition) is 7. The van der Waals surface area contributed by atoms with Crippen LogP contribution in [0.5, 0.6) is 0 Å². The number of aryl methyl sites for hydroxylation is 2. The van der Waals surface area contributed by atoms with Crippen molar-refractivity contribution in [3.8, 4) is 0 Å². The second-order valence-electron chi connectivity index (χ2n) is 17.9. The maximum Gasteiger partial charge on any atom is 0.344 e. The van der Waals surface area contributed by atoms with E-state index in [4.69, 9.17) is 9.84 Å². The number of carboxylic acids is 1. The van der Waals surface area contributed by atoms with Crippen LogP contribution in [0.3, 0.4) is 0 Å². The number of anilines is 2. The summed E-state index contributed by atoms with van der Waals surface area (Å²) in [6.07, 6.45) is 4.58. The van der Waals surface area contributed by atoms with Gasteiger partial charge in [-0.05, 0) is 91.7 Å². The molecule has 2 aliphatic carbocycles. The Morgan fingerprint density at radius 3 is 1.64 bits per heavy atom. The monoisotopic (exact) mass is 794 g/mol. The molecule has 0 amide bonds. The summed E-state index contributed by atoms with van der Waals surface area (Å²) >= 11 is 0. The van der Waals surface area contributed by atoms with Gasteiger partial charge in [-0.3, -0.25) is 0 Å². The van der Waals surface area contributed by atoms with Crippen LogP contribution in [-0.2, 0) is 15.8 Å². The Balaban J connectivity index is 0.000000221. The topological polar surface area (TPSA) is 123 Å². The van der Waals surface area contributed by atoms with Crippen LogP contribution >= 0.6 is 12.4 Å². The minimum absolute atomic E-state index is 0. The Morgan fingerprint density at radius 1 is 0.768 bits per heavy atom. The van der Waals surface area contributed by atoms with Gasteiger partial charge in [-0.25, -0.2) is 27.7 Å². The first-order valence-corrected chi connectivity index (χ1v) is 18.9. The van der Waals surface area contributed by atoms with Crippen LogP contribution in [0.2, 0.25) is 0 Å². The number of carbonyl (C=O) groups excluding carboxylic acids is 1. The van der Waals surface area contributed by atoms with Crippen molar-refractivity contribution in [2.45, 2.75) is 131 Å². The maximum absolute atomic E-state index is 14.6. The van der Waals surface area contributed by atoms with E-state index in [1.807, 2.05) is 31.5 Å². The Morgan fingerprint density at radius 2 is 1.21 bits per heavy atom. The zero-order valence-corrected chi connectivity index (χ0v) is 33.9. The molecule has 0 saturated heterocycles. The van der Waals surface area contributed by atoms with Gasteiger partial charge in [0.1, 0.15) is 40.5 Å². The lowest BCUT2D eigenvalue weighted by Crippen LogP contribution is -2.44. The average molecular weight is 795 g/mol. The number of carboxylic acid groups (broad SMARTS) is 1. The van der Waals surface area contributed by atoms with Gasteiger partial charge in [-0.1, -0.05) is 64.6 Å². The van der Waals surface area contributed by atoms with E-state index in [2.05, 4.69) is 50.4 Å². The number of ether oxygens (including phenoxy) is 1. The number of nitrogens with zero attached hydrogens (tertiary/aromatic N) is 4. The standard InChI is InChI=1S/C26H34FN3O2.C16H18FN3O2.CH4.ClH/c1-15-20(22(31)32-23-25(4,5)16-11-12-26(23,6)13-16)21-28-19(14-24(2,3)30(21)29-15)17-9-7-8-10-18(17)27;1-9-13(15(21)22)14-18-12(8-16(2,3)20(14)19-9)10-6-4-5-7-11(10)17;;/h7-10,16,19,23,28H,11-14H2,1-6H3;4-7,12,18H,8H2,1-3H3,(H,21,22);1H4;1H/t16-,19?,23?,26+;;;/m0.../s1. The third-order valence-corrected chi connectivity index (χ3v) is 12.6. The van der Waals surface area contributed by atoms with Crippen LogP contribution in [-0.4, -0.2) is 42.7 Å². The molecule has 0 spiro atoms. The van der Waals surface area contributed by atoms with Crippen molar-refractivity contribution >= 4 is 36.0 Å². The second kappa shape index (κ2) is 14.8. The molecule has 0 radical (unpaired) electrons. The van der Waals surface area contributed by atoms with Gasteiger partial charge in [0.25, 0.3) is 0 Å². The average Bonchev–Trinajstić information content (AvgIpc) is 3.80. The highest BCUT2D eigenvalue weighted by atomic mass is 35.5. The fourth-order valence-electron chi connectivity index (χ4n) is 9.91. The van der Waals surface area contributed by atoms with Crippen molar-refractivity contribution in [1.29, 1.82) is 0 Å². The van der Waals surface area contributed by atoms with Crippen molar-refractivity contribution in [1.82, 2.24) is 19.6 Å². The van der Waals surface area contributed by atoms with Crippen molar-refractivity contribution in [2.75, 3.05) is 10.6 Å². The number of fused-ring (bicyclic) bond motifs is 4. The number of benzene rings is 2. The van der Waals surface area contributed by atoms with Gasteiger partial charge in [-0.2, -0.15) is 10.2 Å². The van der Waals surface area contributed by atoms with E-state index >= 15 is 0 Å². The molecule has 4 heterocycles. The molecule has 56 heavy (non-hydrogen) atoms. The molecule has 10 nitrogen and oxygen atoms in total. The van der Waals surface area contributed by atoms with E-state index in [9.17, 15) is 23.5 Å². The molecule has 2 bridgehead atoms. The van der Waals surface area contributed by atoms with Crippen LogP contribution in [0.15, 0.2) is 48.5 Å². The van der Waals surface area contributed by atoms with E-state index in [0.29, 0.717) is 58.5 Å². The van der Waals surface area contributed by atoms with Crippen molar-refractivity contribution < 1.29 is 28.2 Å². The lowest BCUT2D eigenvalue weighted by molar-refractivity contribution is -0.0584. The summed E-state index contributed by atoms with van der Waals surface area (Å²) < 4.78 is 38.5. The van der Waals surface area contributed by atoms with Crippen LogP contribution < -0.4 is 10.6 Å². The van der Waals surface area contributed by atoms with E-state index in [-0.39, 0.29) is 77.6 Å². The zero-order valence-electron chi connectivity index (χ0n) is 33.1. The summed E-state index contributed by atoms with van der Waals surface area (Å²) in [5, 5.41) is 25.1. The fourth-order valence-corrected chi connectivity index (χ4v) is 9.91. The van der Waals surface area contributed by atoms with E-state index in [0.717, 1.165) is 12.8 Å². The third kappa shape index (κ3) is 7.07. The van der Waals surface area contributed by atoms with Gasteiger partial charge in [0.2, 0.25) is 0 Å². The predicted octanol–water partition coefficient (Wildman–Crippen LogP) is 10.4. The molecular formula is C43H57ClF2N6O4. The molecular weight excluding hydrogens is 738 g/mol. The molecule has 2 fully saturated rings. The van der Waals surface area contributed by atoms with Crippen LogP contribution in [0.4, 0.5) is 20.4 Å². The Labute approximate surface area is 335 Å². The lowest BCUT2D eigenvalue weighted by atomic mass is 9.70. The van der Waals surface area contributed by atoms with Crippen LogP contribution in [0, 0.1) is 42.2 Å². The highest BCUT2D eigenvalue weighted by molar-refractivity contribution is 5.97. The molecule has 2 aliphatic heterocycles. The molecule has 3 N–H and O–H groups in total. The fraction of sp³-hybridized carbons (Fsp3) is 0.535. The van der Waals surface area contributed by atoms with Gasteiger partial charge in [-0.15, -0.1) is 12.4 Å². The molecule has 304 valence electrons. The molecule has 5 atom stereocenters. The number of nitrogens with one attached hydrogen (secondary N) is 2. The Bertz CT molecular complexity index is 2140. The number of rotatable bonds is 5. The summed E-state index contributed by atoms with van der Waals surface area (Å²) in [5.74, 6) is -0.236. The molecule has 2 aromatic heterocycles. The number of esters is 1. The Hall–Kier alpha value is -4.45. The van der Waals surface area contributed by atoms with Gasteiger partial charge in [0.05, 0.1) is 34.5 Å². The third-order valence-electron chi connectivity index (χ3n) is 12.6. The summed E-state index contributed by atoms with van der Waals surface area (Å²) in [6, 6.07) is 12.8. The van der Waals surface area contributed by atoms with E-state index in [1.54, 1.807) is 41.9 Å². The van der Waals surface area contributed by atoms with E-state index in [1.165, 1.54) is 18.6 Å². The SMILES string of the molecule is C.Cc1nn2c(c1C(=O)O)NC(c1ccccc1F)CC2(C)C.Cc1nn2c(c1C(=O)OC1C(C)(C)[C@H]3CC[C@]1(C)C3)NC(c1ccccc1F)CC2(C)C.Cl. The molecule has 2 saturated carbocycles. The lowest BCUT2D eigenvalue weighted by Gasteiger charge is -2.42. The minimum Gasteiger partial charge on any atom is -0.477 e. The highest BCUT2D eigenvalue weighted by Gasteiger charge is 2.61. The summed E-state index contributed by atoms with van der Waals surface area (Å²) in [7, 11) is 0. The summed E-state index contributed by atoms with van der Waals surface area (Å²) in [4.78, 5) is 25.1. The van der Waals surface area contributed by atoms with Crippen molar-refractivity contribution in [3.63, 3.8) is 0 Å². The molecule has 4 aliphatic rings. The first-order valence-electron chi connectivity index (χ1n) is 18.9. The Kier molecular flexibility index (Phi) is 11.3. The first kappa shape index (κ1) is 42.7. The molecule has 2 aromatic carbocycles. The normalized spacial score (nSPS) is 25.8. The number of aromatic nitrogens is 4. The van der Waals surface area contributed by atoms with Crippen LogP contribution in [0.1, 0.15) is 143 Å². The van der Waals surface area contributed by atoms with Gasteiger partial charge < -0.3 is 20.5 Å².